The summed E-state index contributed by atoms with van der Waals surface area (Å²) in [5.74, 6) is 0. The maximum atomic E-state index is 3.35. The molecule has 106 valence electrons. The van der Waals surface area contributed by atoms with Crippen molar-refractivity contribution in [1.82, 2.24) is 15.1 Å². The molecular weight excluding hydrogens is 234 g/mol. The van der Waals surface area contributed by atoms with Crippen molar-refractivity contribution in [2.45, 2.75) is 25.4 Å². The Morgan fingerprint density at radius 1 is 1.26 bits per heavy atom. The van der Waals surface area contributed by atoms with Gasteiger partial charge in [0.15, 0.2) is 0 Å². The molecule has 2 rings (SSSR count). The minimum Gasteiger partial charge on any atom is -0.318 e. The first-order chi connectivity index (χ1) is 9.22. The molecule has 2 atom stereocenters. The van der Waals surface area contributed by atoms with Crippen molar-refractivity contribution in [3.05, 3.63) is 35.9 Å². The van der Waals surface area contributed by atoms with Gasteiger partial charge < -0.3 is 10.2 Å². The predicted molar refractivity (Wildman–Crippen MR) is 81.4 cm³/mol. The van der Waals surface area contributed by atoms with Crippen LogP contribution in [0.1, 0.15) is 24.9 Å². The molecule has 0 spiro atoms. The van der Waals surface area contributed by atoms with Gasteiger partial charge in [-0.15, -0.1) is 0 Å². The maximum Gasteiger partial charge on any atom is 0.0353 e. The summed E-state index contributed by atoms with van der Waals surface area (Å²) in [4.78, 5) is 5.12. The number of benzene rings is 1. The number of hydrogen-bond donors (Lipinski definition) is 1. The Morgan fingerprint density at radius 2 is 2.00 bits per heavy atom. The molecule has 0 saturated carbocycles. The predicted octanol–water partition coefficient (Wildman–Crippen LogP) is 1.97. The maximum absolute atomic E-state index is 3.35. The Labute approximate surface area is 117 Å². The Kier molecular flexibility index (Phi) is 5.37. The second kappa shape index (κ2) is 7.04. The van der Waals surface area contributed by atoms with Crippen molar-refractivity contribution < 1.29 is 0 Å². The lowest BCUT2D eigenvalue weighted by Gasteiger charge is -2.36. The largest absolute Gasteiger partial charge is 0.318 e. The van der Waals surface area contributed by atoms with Gasteiger partial charge in [-0.05, 0) is 39.5 Å². The van der Waals surface area contributed by atoms with Crippen LogP contribution in [0.2, 0.25) is 0 Å². The molecule has 1 aromatic carbocycles. The topological polar surface area (TPSA) is 18.5 Å². The van der Waals surface area contributed by atoms with E-state index in [1.54, 1.807) is 0 Å². The van der Waals surface area contributed by atoms with E-state index in [4.69, 9.17) is 0 Å². The second-order valence-corrected chi connectivity index (χ2v) is 5.65. The average Bonchev–Trinajstić information content (AvgIpc) is 2.61. The Bertz CT molecular complexity index is 366. The summed E-state index contributed by atoms with van der Waals surface area (Å²) in [6, 6.07) is 12.0. The van der Waals surface area contributed by atoms with Crippen LogP contribution in [0.4, 0.5) is 0 Å². The van der Waals surface area contributed by atoms with Crippen LogP contribution in [-0.2, 0) is 0 Å². The molecule has 1 aliphatic rings. The Balaban J connectivity index is 2.14. The molecule has 0 bridgehead atoms. The number of hydrogen-bond acceptors (Lipinski definition) is 3. The third kappa shape index (κ3) is 3.78. The first kappa shape index (κ1) is 14.5. The van der Waals surface area contributed by atoms with Crippen molar-refractivity contribution in [2.24, 2.45) is 0 Å². The standard InChI is InChI=1S/C16H27N3/c1-14(15-8-5-4-6-9-15)19-11-7-10-18(3)13-16(19)12-17-2/h4-6,8-9,14,16-17H,7,10-13H2,1-3H3. The highest BCUT2D eigenvalue weighted by Crippen LogP contribution is 2.24. The van der Waals surface area contributed by atoms with Gasteiger partial charge in [0, 0.05) is 31.7 Å². The van der Waals surface area contributed by atoms with Crippen LogP contribution in [0.3, 0.4) is 0 Å². The zero-order valence-electron chi connectivity index (χ0n) is 12.5. The van der Waals surface area contributed by atoms with Gasteiger partial charge in [-0.1, -0.05) is 30.3 Å². The molecule has 0 amide bonds. The molecule has 0 aliphatic carbocycles. The summed E-state index contributed by atoms with van der Waals surface area (Å²) in [5.41, 5.74) is 1.42. The molecule has 0 radical (unpaired) electrons. The molecule has 2 unspecified atom stereocenters. The lowest BCUT2D eigenvalue weighted by molar-refractivity contribution is 0.140. The van der Waals surface area contributed by atoms with Gasteiger partial charge >= 0.3 is 0 Å². The van der Waals surface area contributed by atoms with Crippen LogP contribution >= 0.6 is 0 Å². The molecule has 1 heterocycles. The van der Waals surface area contributed by atoms with Gasteiger partial charge in [-0.2, -0.15) is 0 Å². The Morgan fingerprint density at radius 3 is 2.68 bits per heavy atom. The van der Waals surface area contributed by atoms with Gasteiger partial charge in [0.05, 0.1) is 0 Å². The van der Waals surface area contributed by atoms with Crippen LogP contribution in [-0.4, -0.2) is 56.1 Å². The highest BCUT2D eigenvalue weighted by atomic mass is 15.3. The third-order valence-corrected chi connectivity index (χ3v) is 4.17. The summed E-state index contributed by atoms with van der Waals surface area (Å²) >= 11 is 0. The SMILES string of the molecule is CNCC1CN(C)CCCN1C(C)c1ccccc1. The van der Waals surface area contributed by atoms with E-state index in [0.717, 1.165) is 13.1 Å². The summed E-state index contributed by atoms with van der Waals surface area (Å²) in [7, 11) is 4.29. The van der Waals surface area contributed by atoms with Gasteiger partial charge in [0.2, 0.25) is 0 Å². The molecule has 1 fully saturated rings. The molecule has 3 heteroatoms. The third-order valence-electron chi connectivity index (χ3n) is 4.17. The molecule has 0 aromatic heterocycles. The lowest BCUT2D eigenvalue weighted by Crippen LogP contribution is -2.46. The van der Waals surface area contributed by atoms with E-state index in [1.165, 1.54) is 25.1 Å². The molecule has 1 aromatic rings. The quantitative estimate of drug-likeness (QED) is 0.894. The lowest BCUT2D eigenvalue weighted by atomic mass is 10.0. The van der Waals surface area contributed by atoms with Crippen molar-refractivity contribution in [2.75, 3.05) is 40.3 Å². The summed E-state index contributed by atoms with van der Waals surface area (Å²) in [6.45, 7) is 6.94. The minimum absolute atomic E-state index is 0.492. The van der Waals surface area contributed by atoms with Gasteiger partial charge in [0.1, 0.15) is 0 Å². The van der Waals surface area contributed by atoms with Gasteiger partial charge in [-0.25, -0.2) is 0 Å². The van der Waals surface area contributed by atoms with E-state index in [-0.39, 0.29) is 0 Å². The van der Waals surface area contributed by atoms with Crippen molar-refractivity contribution in [3.8, 4) is 0 Å². The first-order valence-electron chi connectivity index (χ1n) is 7.36. The monoisotopic (exact) mass is 261 g/mol. The fourth-order valence-corrected chi connectivity index (χ4v) is 3.11. The number of nitrogens with one attached hydrogen (secondary N) is 1. The average molecular weight is 261 g/mol. The van der Waals surface area contributed by atoms with Crippen LogP contribution in [0.5, 0.6) is 0 Å². The minimum atomic E-state index is 0.492. The van der Waals surface area contributed by atoms with E-state index in [9.17, 15) is 0 Å². The van der Waals surface area contributed by atoms with Crippen LogP contribution in [0.25, 0.3) is 0 Å². The highest BCUT2D eigenvalue weighted by molar-refractivity contribution is 5.18. The van der Waals surface area contributed by atoms with Crippen LogP contribution < -0.4 is 5.32 Å². The molecule has 1 N–H and O–H groups in total. The number of likely N-dealkylation sites (N-methyl/N-ethyl adjacent to an activating group) is 2. The normalized spacial score (nSPS) is 24.1. The number of rotatable bonds is 4. The first-order valence-corrected chi connectivity index (χ1v) is 7.36. The molecule has 1 saturated heterocycles. The van der Waals surface area contributed by atoms with Crippen LogP contribution in [0.15, 0.2) is 30.3 Å². The molecule has 3 nitrogen and oxygen atoms in total. The molecular formula is C16H27N3. The summed E-state index contributed by atoms with van der Waals surface area (Å²) in [5, 5.41) is 3.35. The van der Waals surface area contributed by atoms with E-state index in [0.29, 0.717) is 12.1 Å². The zero-order valence-corrected chi connectivity index (χ0v) is 12.5. The van der Waals surface area contributed by atoms with Gasteiger partial charge in [0.25, 0.3) is 0 Å². The second-order valence-electron chi connectivity index (χ2n) is 5.65. The fourth-order valence-electron chi connectivity index (χ4n) is 3.11. The van der Waals surface area contributed by atoms with Crippen molar-refractivity contribution >= 4 is 0 Å². The van der Waals surface area contributed by atoms with Crippen LogP contribution in [0, 0.1) is 0 Å². The van der Waals surface area contributed by atoms with Crippen molar-refractivity contribution in [1.29, 1.82) is 0 Å². The smallest absolute Gasteiger partial charge is 0.0353 e. The van der Waals surface area contributed by atoms with Gasteiger partial charge in [-0.3, -0.25) is 4.90 Å². The van der Waals surface area contributed by atoms with Crippen molar-refractivity contribution in [3.63, 3.8) is 0 Å². The van der Waals surface area contributed by atoms with E-state index >= 15 is 0 Å². The zero-order chi connectivity index (χ0) is 13.7. The highest BCUT2D eigenvalue weighted by Gasteiger charge is 2.27. The van der Waals surface area contributed by atoms with E-state index in [2.05, 4.69) is 66.5 Å². The van der Waals surface area contributed by atoms with E-state index in [1.807, 2.05) is 0 Å². The summed E-state index contributed by atoms with van der Waals surface area (Å²) < 4.78 is 0. The number of nitrogens with zero attached hydrogens (tertiary/aromatic N) is 2. The molecule has 1 aliphatic heterocycles. The fraction of sp³-hybridized carbons (Fsp3) is 0.625. The summed E-state index contributed by atoms with van der Waals surface area (Å²) in [6.07, 6.45) is 1.26. The Hall–Kier alpha value is -0.900. The molecule has 19 heavy (non-hydrogen) atoms. The van der Waals surface area contributed by atoms with E-state index < -0.39 is 0 Å².